The van der Waals surface area contributed by atoms with Gasteiger partial charge in [-0.25, -0.2) is 9.29 Å². The lowest BCUT2D eigenvalue weighted by Crippen LogP contribution is -2.31. The summed E-state index contributed by atoms with van der Waals surface area (Å²) in [5.74, 6) is 0.701. The highest BCUT2D eigenvalue weighted by molar-refractivity contribution is 7.87. The van der Waals surface area contributed by atoms with Gasteiger partial charge in [0.25, 0.3) is 0 Å². The number of thiazole rings is 1. The average Bonchev–Trinajstić information content (AvgIpc) is 3.46. The fraction of sp³-hybridized carbons (Fsp3) is 0.241. The molecule has 1 heterocycles. The van der Waals surface area contributed by atoms with Crippen LogP contribution in [0.3, 0.4) is 0 Å². The Bertz CT molecular complexity index is 1860. The van der Waals surface area contributed by atoms with Crippen LogP contribution in [0, 0.1) is 0 Å². The molecule has 1 amide bonds. The molecule has 0 saturated carbocycles. The molecule has 0 bridgehead atoms. The van der Waals surface area contributed by atoms with Crippen molar-refractivity contribution in [2.24, 2.45) is 0 Å². The lowest BCUT2D eigenvalue weighted by molar-refractivity contribution is -0.121. The van der Waals surface area contributed by atoms with Crippen molar-refractivity contribution in [3.05, 3.63) is 93.9 Å². The molecule has 0 spiro atoms. The molecule has 1 aromatic heterocycles. The number of aryl methyl sites for hydroxylation is 1. The van der Waals surface area contributed by atoms with Gasteiger partial charge in [-0.05, 0) is 54.8 Å². The van der Waals surface area contributed by atoms with E-state index in [2.05, 4.69) is 10.3 Å². The second kappa shape index (κ2) is 14.3. The molecule has 4 aromatic rings. The van der Waals surface area contributed by atoms with E-state index in [1.807, 2.05) is 17.0 Å². The fourth-order valence-electron chi connectivity index (χ4n) is 4.62. The van der Waals surface area contributed by atoms with Crippen molar-refractivity contribution < 1.29 is 40.2 Å². The zero-order valence-corrected chi connectivity index (χ0v) is 26.9. The number of methoxy groups -OCH3 is 2. The van der Waals surface area contributed by atoms with Gasteiger partial charge >= 0.3 is 20.6 Å². The standard InChI is InChI=1S/C29H32N4O9S3/c1-4-21-18-43-29(30-21)25(31-27(34)16-20-7-5-10-26(41-2)28(20)42-3)15-19-11-13-23(14-12-19)33(45(38,39)40)24-9-6-8-22(17-24)32-44(35,36)37/h5-14,17-18,25,32H,4,15-16H2,1-3H3,(H,31,34)(H,35,36,37)(H,38,39,40). The zero-order valence-electron chi connectivity index (χ0n) is 24.5. The summed E-state index contributed by atoms with van der Waals surface area (Å²) in [7, 11) is -6.46. The molecule has 16 heteroatoms. The lowest BCUT2D eigenvalue weighted by atomic mass is 10.0. The van der Waals surface area contributed by atoms with Crippen LogP contribution in [0.25, 0.3) is 0 Å². The highest BCUT2D eigenvalue weighted by Crippen LogP contribution is 2.33. The number of hydrogen-bond donors (Lipinski definition) is 4. The smallest absolute Gasteiger partial charge is 0.364 e. The van der Waals surface area contributed by atoms with Gasteiger partial charge in [-0.2, -0.15) is 16.8 Å². The van der Waals surface area contributed by atoms with Gasteiger partial charge < -0.3 is 14.8 Å². The number of carbonyl (C=O) groups excluding carboxylic acids is 1. The van der Waals surface area contributed by atoms with Crippen LogP contribution in [0.15, 0.2) is 72.1 Å². The molecule has 0 saturated heterocycles. The van der Waals surface area contributed by atoms with Gasteiger partial charge in [0.15, 0.2) is 11.5 Å². The highest BCUT2D eigenvalue weighted by atomic mass is 32.2. The Hall–Kier alpha value is -4.22. The van der Waals surface area contributed by atoms with E-state index >= 15 is 0 Å². The van der Waals surface area contributed by atoms with E-state index in [0.717, 1.165) is 23.7 Å². The average molecular weight is 677 g/mol. The maximum Gasteiger partial charge on any atom is 0.364 e. The van der Waals surface area contributed by atoms with Gasteiger partial charge in [0.2, 0.25) is 5.91 Å². The number of para-hydroxylation sites is 1. The minimum Gasteiger partial charge on any atom is -0.493 e. The van der Waals surface area contributed by atoms with E-state index in [0.29, 0.717) is 32.8 Å². The summed E-state index contributed by atoms with van der Waals surface area (Å²) in [6.45, 7) is 1.98. The number of nitrogens with one attached hydrogen (secondary N) is 2. The highest BCUT2D eigenvalue weighted by Gasteiger charge is 2.24. The van der Waals surface area contributed by atoms with E-state index in [1.54, 1.807) is 30.3 Å². The second-order valence-corrected chi connectivity index (χ2v) is 13.0. The van der Waals surface area contributed by atoms with Crippen LogP contribution in [0.1, 0.15) is 34.8 Å². The monoisotopic (exact) mass is 676 g/mol. The van der Waals surface area contributed by atoms with Crippen LogP contribution in [0.2, 0.25) is 0 Å². The van der Waals surface area contributed by atoms with E-state index in [1.165, 1.54) is 55.9 Å². The molecule has 4 rings (SSSR count). The van der Waals surface area contributed by atoms with Crippen LogP contribution in [0.4, 0.5) is 17.1 Å². The van der Waals surface area contributed by atoms with Crippen LogP contribution in [-0.4, -0.2) is 51.1 Å². The van der Waals surface area contributed by atoms with Gasteiger partial charge in [0, 0.05) is 10.9 Å². The number of rotatable bonds is 14. The third kappa shape index (κ3) is 8.92. The first-order valence-electron chi connectivity index (χ1n) is 13.5. The first kappa shape index (κ1) is 33.7. The van der Waals surface area contributed by atoms with Crippen molar-refractivity contribution in [1.29, 1.82) is 0 Å². The Morgan fingerprint density at radius 2 is 1.69 bits per heavy atom. The molecule has 0 radical (unpaired) electrons. The molecule has 13 nitrogen and oxygen atoms in total. The second-order valence-electron chi connectivity index (χ2n) is 9.72. The molecule has 240 valence electrons. The number of benzene rings is 3. The molecule has 1 atom stereocenters. The number of nitrogens with zero attached hydrogens (tertiary/aromatic N) is 2. The van der Waals surface area contributed by atoms with E-state index in [-0.39, 0.29) is 29.4 Å². The Labute approximate surface area is 265 Å². The first-order valence-corrected chi connectivity index (χ1v) is 17.2. The van der Waals surface area contributed by atoms with Crippen LogP contribution in [0.5, 0.6) is 11.5 Å². The maximum absolute atomic E-state index is 13.3. The predicted molar refractivity (Wildman–Crippen MR) is 171 cm³/mol. The largest absolute Gasteiger partial charge is 0.493 e. The first-order chi connectivity index (χ1) is 21.3. The van der Waals surface area contributed by atoms with Gasteiger partial charge in [0.1, 0.15) is 5.01 Å². The number of ether oxygens (including phenoxy) is 2. The zero-order chi connectivity index (χ0) is 32.8. The SMILES string of the molecule is CCc1csc(C(Cc2ccc(N(c3cccc(NS(=O)(=O)O)c3)S(=O)(=O)O)cc2)NC(=O)Cc2cccc(OC)c2OC)n1. The molecule has 0 aliphatic carbocycles. The summed E-state index contributed by atoms with van der Waals surface area (Å²) in [6.07, 6.45) is 1.06. The van der Waals surface area contributed by atoms with Crippen LogP contribution in [-0.2, 0) is 44.7 Å². The molecule has 3 aromatic carbocycles. The molecular weight excluding hydrogens is 645 g/mol. The number of carbonyl (C=O) groups is 1. The lowest BCUT2D eigenvalue weighted by Gasteiger charge is -2.22. The normalized spacial score (nSPS) is 12.3. The predicted octanol–water partition coefficient (Wildman–Crippen LogP) is 4.52. The molecule has 0 aliphatic rings. The van der Waals surface area contributed by atoms with E-state index in [9.17, 15) is 26.2 Å². The quantitative estimate of drug-likeness (QED) is 0.139. The van der Waals surface area contributed by atoms with Gasteiger partial charge in [-0.15, -0.1) is 11.3 Å². The Morgan fingerprint density at radius 3 is 2.29 bits per heavy atom. The summed E-state index contributed by atoms with van der Waals surface area (Å²) in [5, 5.41) is 5.69. The fourth-order valence-corrected chi connectivity index (χ4v) is 6.77. The van der Waals surface area contributed by atoms with Crippen LogP contribution < -0.4 is 23.8 Å². The summed E-state index contributed by atoms with van der Waals surface area (Å²) in [5.41, 5.74) is 2.10. The molecule has 4 N–H and O–H groups in total. The van der Waals surface area contributed by atoms with Crippen molar-refractivity contribution in [1.82, 2.24) is 10.3 Å². The minimum absolute atomic E-state index is 0.0244. The Balaban J connectivity index is 1.59. The van der Waals surface area contributed by atoms with E-state index in [4.69, 9.17) is 14.0 Å². The molecule has 0 aliphatic heterocycles. The van der Waals surface area contributed by atoms with Crippen molar-refractivity contribution >= 4 is 54.9 Å². The molecule has 1 unspecified atom stereocenters. The van der Waals surface area contributed by atoms with E-state index < -0.39 is 26.7 Å². The van der Waals surface area contributed by atoms with Crippen molar-refractivity contribution in [2.45, 2.75) is 32.2 Å². The maximum atomic E-state index is 13.3. The number of anilines is 3. The number of hydrogen-bond acceptors (Lipinski definition) is 9. The van der Waals surface area contributed by atoms with Gasteiger partial charge in [0.05, 0.1) is 49.4 Å². The van der Waals surface area contributed by atoms with Gasteiger partial charge in [-0.1, -0.05) is 37.3 Å². The minimum atomic E-state index is -4.86. The molecular formula is C29H32N4O9S3. The summed E-state index contributed by atoms with van der Waals surface area (Å²) >= 11 is 1.42. The molecule has 45 heavy (non-hydrogen) atoms. The van der Waals surface area contributed by atoms with Gasteiger partial charge in [-0.3, -0.25) is 18.6 Å². The number of aromatic nitrogens is 1. The number of amides is 1. The summed E-state index contributed by atoms with van der Waals surface area (Å²) in [4.78, 5) is 17.9. The van der Waals surface area contributed by atoms with Crippen molar-refractivity contribution in [3.8, 4) is 11.5 Å². The summed E-state index contributed by atoms with van der Waals surface area (Å²) in [6, 6.07) is 16.1. The topological polar surface area (TPSA) is 184 Å². The third-order valence-corrected chi connectivity index (χ3v) is 8.95. The van der Waals surface area contributed by atoms with Crippen molar-refractivity contribution in [3.63, 3.8) is 0 Å². The Morgan fingerprint density at radius 1 is 0.978 bits per heavy atom. The van der Waals surface area contributed by atoms with Crippen LogP contribution >= 0.6 is 11.3 Å². The Kier molecular flexibility index (Phi) is 10.7. The molecule has 0 fully saturated rings. The third-order valence-electron chi connectivity index (χ3n) is 6.57. The van der Waals surface area contributed by atoms with Crippen molar-refractivity contribution in [2.75, 3.05) is 23.2 Å². The summed E-state index contributed by atoms with van der Waals surface area (Å²) < 4.78 is 79.6.